The van der Waals surface area contributed by atoms with Crippen molar-refractivity contribution in [3.63, 3.8) is 0 Å². The van der Waals surface area contributed by atoms with Gasteiger partial charge in [-0.05, 0) is 18.2 Å². The Morgan fingerprint density at radius 3 is 2.45 bits per heavy atom. The molecule has 0 N–H and O–H groups in total. The summed E-state index contributed by atoms with van der Waals surface area (Å²) >= 11 is 12.4. The van der Waals surface area contributed by atoms with Crippen LogP contribution in [0.15, 0.2) is 48.5 Å². The molecule has 1 aliphatic heterocycles. The molecule has 150 valence electrons. The molecule has 8 heteroatoms. The highest BCUT2D eigenvalue weighted by Gasteiger charge is 2.35. The summed E-state index contributed by atoms with van der Waals surface area (Å²) in [5, 5.41) is 1.03. The van der Waals surface area contributed by atoms with Gasteiger partial charge in [-0.25, -0.2) is 23.1 Å². The molecule has 0 saturated carbocycles. The van der Waals surface area contributed by atoms with Gasteiger partial charge in [0.25, 0.3) is 5.92 Å². The number of benzene rings is 2. The van der Waals surface area contributed by atoms with Crippen LogP contribution in [0.25, 0.3) is 22.5 Å². The van der Waals surface area contributed by atoms with Gasteiger partial charge in [-0.15, -0.1) is 0 Å². The summed E-state index contributed by atoms with van der Waals surface area (Å²) in [6.45, 7) is 0.339. The van der Waals surface area contributed by atoms with Crippen LogP contribution < -0.4 is 0 Å². The van der Waals surface area contributed by atoms with Crippen molar-refractivity contribution in [2.75, 3.05) is 13.1 Å². The van der Waals surface area contributed by atoms with Crippen molar-refractivity contribution in [1.82, 2.24) is 14.5 Å². The summed E-state index contributed by atoms with van der Waals surface area (Å²) in [4.78, 5) is 19.0. The number of carbonyl (C=O) groups excluding carboxylic acids is 1. The van der Waals surface area contributed by atoms with Crippen LogP contribution in [0.1, 0.15) is 12.7 Å². The van der Waals surface area contributed by atoms with E-state index >= 15 is 0 Å². The number of rotatable bonds is 4. The van der Waals surface area contributed by atoms with Crippen LogP contribution in [0.2, 0.25) is 10.0 Å². The molecule has 4 nitrogen and oxygen atoms in total. The maximum absolute atomic E-state index is 13.6. The van der Waals surface area contributed by atoms with Crippen LogP contribution in [-0.2, 0) is 6.42 Å². The third-order valence-corrected chi connectivity index (χ3v) is 5.31. The Morgan fingerprint density at radius 1 is 1.10 bits per heavy atom. The fourth-order valence-corrected chi connectivity index (χ4v) is 3.86. The predicted octanol–water partition coefficient (Wildman–Crippen LogP) is 6.01. The maximum atomic E-state index is 13.6. The normalized spacial score (nSPS) is 14.2. The van der Waals surface area contributed by atoms with E-state index in [0.717, 1.165) is 11.8 Å². The molecule has 0 fully saturated rings. The highest BCUT2D eigenvalue weighted by Crippen LogP contribution is 2.38. The lowest BCUT2D eigenvalue weighted by Gasteiger charge is -2.30. The third-order valence-electron chi connectivity index (χ3n) is 4.73. The second-order valence-corrected chi connectivity index (χ2v) is 7.92. The summed E-state index contributed by atoms with van der Waals surface area (Å²) < 4.78 is 28.6. The number of amides is 1. The van der Waals surface area contributed by atoms with Crippen molar-refractivity contribution in [2.24, 2.45) is 0 Å². The molecule has 0 bridgehead atoms. The minimum absolute atomic E-state index is 0.182. The highest BCUT2D eigenvalue weighted by atomic mass is 35.5. The fraction of sp³-hybridized carbons (Fsp3) is 0.238. The second-order valence-electron chi connectivity index (χ2n) is 7.07. The number of carbonyl (C=O) groups is 1. The van der Waals surface area contributed by atoms with E-state index in [1.54, 1.807) is 36.4 Å². The Hall–Kier alpha value is -2.44. The lowest BCUT2D eigenvalue weighted by Crippen LogP contribution is -2.46. The Morgan fingerprint density at radius 2 is 1.79 bits per heavy atom. The van der Waals surface area contributed by atoms with Gasteiger partial charge < -0.3 is 4.90 Å². The summed E-state index contributed by atoms with van der Waals surface area (Å²) in [5.74, 6) is -2.47. The number of fused-ring (bicyclic) bond motifs is 1. The van der Waals surface area contributed by atoms with Crippen molar-refractivity contribution in [3.05, 3.63) is 64.4 Å². The Balaban J connectivity index is 1.92. The van der Waals surface area contributed by atoms with Gasteiger partial charge in [0, 0.05) is 36.0 Å². The minimum Gasteiger partial charge on any atom is -0.318 e. The zero-order chi connectivity index (χ0) is 20.8. The van der Waals surface area contributed by atoms with E-state index in [4.69, 9.17) is 23.2 Å². The van der Waals surface area contributed by atoms with E-state index in [1.807, 2.05) is 12.1 Å². The van der Waals surface area contributed by atoms with Crippen molar-refractivity contribution < 1.29 is 13.6 Å². The second kappa shape index (κ2) is 7.43. The molecule has 2 aromatic carbocycles. The van der Waals surface area contributed by atoms with Gasteiger partial charge in [-0.2, -0.15) is 0 Å². The third kappa shape index (κ3) is 3.87. The molecule has 0 radical (unpaired) electrons. The van der Waals surface area contributed by atoms with Crippen molar-refractivity contribution >= 4 is 29.2 Å². The van der Waals surface area contributed by atoms with Crippen LogP contribution in [0.5, 0.6) is 0 Å². The SMILES string of the molecule is CC(F)(F)CN1CCc2nc(-c3ccccc3Cl)c(-c3ccc(Cl)cc3)n2C1=O. The molecule has 0 unspecified atom stereocenters. The number of nitrogens with zero attached hydrogens (tertiary/aromatic N) is 3. The molecule has 4 rings (SSSR count). The van der Waals surface area contributed by atoms with Crippen LogP contribution in [-0.4, -0.2) is 39.5 Å². The molecule has 0 spiro atoms. The highest BCUT2D eigenvalue weighted by molar-refractivity contribution is 6.33. The van der Waals surface area contributed by atoms with Gasteiger partial charge in [-0.1, -0.05) is 53.5 Å². The largest absolute Gasteiger partial charge is 0.330 e. The van der Waals surface area contributed by atoms with Gasteiger partial charge in [-0.3, -0.25) is 0 Å². The van der Waals surface area contributed by atoms with E-state index < -0.39 is 18.5 Å². The van der Waals surface area contributed by atoms with E-state index in [2.05, 4.69) is 4.98 Å². The minimum atomic E-state index is -2.99. The van der Waals surface area contributed by atoms with Crippen molar-refractivity contribution in [3.8, 4) is 22.5 Å². The molecule has 0 saturated heterocycles. The monoisotopic (exact) mass is 435 g/mol. The van der Waals surface area contributed by atoms with Gasteiger partial charge in [0.15, 0.2) is 0 Å². The first-order valence-corrected chi connectivity index (χ1v) is 9.80. The molecule has 3 aromatic rings. The number of halogens is 4. The van der Waals surface area contributed by atoms with Crippen LogP contribution in [0.3, 0.4) is 0 Å². The molecule has 29 heavy (non-hydrogen) atoms. The average molecular weight is 436 g/mol. The van der Waals surface area contributed by atoms with Gasteiger partial charge >= 0.3 is 6.03 Å². The molecule has 0 aliphatic carbocycles. The number of hydrogen-bond donors (Lipinski definition) is 0. The summed E-state index contributed by atoms with van der Waals surface area (Å²) in [6.07, 6.45) is 0.368. The zero-order valence-electron chi connectivity index (χ0n) is 15.5. The molecule has 1 aromatic heterocycles. The smallest absolute Gasteiger partial charge is 0.318 e. The van der Waals surface area contributed by atoms with Crippen LogP contribution >= 0.6 is 23.2 Å². The summed E-state index contributed by atoms with van der Waals surface area (Å²) in [7, 11) is 0. The first-order valence-electron chi connectivity index (χ1n) is 9.04. The van der Waals surface area contributed by atoms with Crippen molar-refractivity contribution in [1.29, 1.82) is 0 Å². The lowest BCUT2D eigenvalue weighted by molar-refractivity contribution is -0.00564. The lowest BCUT2D eigenvalue weighted by atomic mass is 10.0. The Labute approximate surface area is 176 Å². The zero-order valence-corrected chi connectivity index (χ0v) is 17.0. The summed E-state index contributed by atoms with van der Waals surface area (Å²) in [6, 6.07) is 13.6. The topological polar surface area (TPSA) is 38.1 Å². The number of aromatic nitrogens is 2. The summed E-state index contributed by atoms with van der Waals surface area (Å²) in [5.41, 5.74) is 2.41. The average Bonchev–Trinajstić information content (AvgIpc) is 3.04. The maximum Gasteiger partial charge on any atom is 0.330 e. The molecule has 1 aliphatic rings. The number of imidazole rings is 1. The Kier molecular flexibility index (Phi) is 5.09. The van der Waals surface area contributed by atoms with E-state index in [0.29, 0.717) is 44.8 Å². The van der Waals surface area contributed by atoms with Crippen LogP contribution in [0.4, 0.5) is 13.6 Å². The first kappa shape index (κ1) is 19.9. The van der Waals surface area contributed by atoms with E-state index in [1.165, 1.54) is 4.57 Å². The quantitative estimate of drug-likeness (QED) is 0.503. The standard InChI is InChI=1S/C21H17Cl2F2N3O/c1-21(24,25)12-27-11-10-17-26-18(15-4-2-3-5-16(15)23)19(28(17)20(27)29)13-6-8-14(22)9-7-13/h2-9H,10-12H2,1H3. The fourth-order valence-electron chi connectivity index (χ4n) is 3.51. The predicted molar refractivity (Wildman–Crippen MR) is 110 cm³/mol. The first-order chi connectivity index (χ1) is 13.7. The van der Waals surface area contributed by atoms with E-state index in [9.17, 15) is 13.6 Å². The van der Waals surface area contributed by atoms with Crippen LogP contribution in [0, 0.1) is 0 Å². The Bertz CT molecular complexity index is 1070. The van der Waals surface area contributed by atoms with E-state index in [-0.39, 0.29) is 6.54 Å². The molecule has 1 amide bonds. The van der Waals surface area contributed by atoms with Crippen molar-refractivity contribution in [2.45, 2.75) is 19.3 Å². The van der Waals surface area contributed by atoms with Gasteiger partial charge in [0.2, 0.25) is 0 Å². The molecular formula is C21H17Cl2F2N3O. The molecular weight excluding hydrogens is 419 g/mol. The van der Waals surface area contributed by atoms with Gasteiger partial charge in [0.05, 0.1) is 23.0 Å². The number of alkyl halides is 2. The molecule has 2 heterocycles. The number of hydrogen-bond acceptors (Lipinski definition) is 2. The molecule has 0 atom stereocenters. The van der Waals surface area contributed by atoms with Gasteiger partial charge in [0.1, 0.15) is 5.82 Å².